The van der Waals surface area contributed by atoms with Gasteiger partial charge in [-0.15, -0.1) is 0 Å². The highest BCUT2D eigenvalue weighted by atomic mass is 35.5. The Balaban J connectivity index is 1.55. The smallest absolute Gasteiger partial charge is 0.229 e. The Bertz CT molecular complexity index is 1240. The number of nitrogens with one attached hydrogen (secondary N) is 2. The zero-order valence-corrected chi connectivity index (χ0v) is 22.2. The van der Waals surface area contributed by atoms with Crippen molar-refractivity contribution >= 4 is 63.8 Å². The minimum absolute atomic E-state index is 0.290. The molecule has 2 heterocycles. The van der Waals surface area contributed by atoms with Crippen molar-refractivity contribution in [2.24, 2.45) is 4.99 Å². The molecule has 1 aliphatic heterocycles. The van der Waals surface area contributed by atoms with Gasteiger partial charge in [0.2, 0.25) is 17.0 Å². The molecule has 0 amide bonds. The molecule has 4 rings (SSSR count). The van der Waals surface area contributed by atoms with E-state index in [4.69, 9.17) is 40.4 Å². The van der Waals surface area contributed by atoms with Gasteiger partial charge in [-0.3, -0.25) is 5.32 Å². The largest absolute Gasteiger partial charge is 0.368 e. The summed E-state index contributed by atoms with van der Waals surface area (Å²) in [6, 6.07) is 15.3. The SMILES string of the molecule is Cc1cc(C)nc(N/C(=N/C(=S)Nc2ccccc2Cl)N2CCN(c3cc(Cl)ccc3C)CC2)n1. The van der Waals surface area contributed by atoms with E-state index in [0.29, 0.717) is 22.6 Å². The molecule has 0 radical (unpaired) electrons. The number of nitrogens with zero attached hydrogens (tertiary/aromatic N) is 5. The van der Waals surface area contributed by atoms with Crippen LogP contribution in [0.1, 0.15) is 17.0 Å². The third-order valence-electron chi connectivity index (χ3n) is 5.62. The van der Waals surface area contributed by atoms with E-state index in [2.05, 4.69) is 43.4 Å². The van der Waals surface area contributed by atoms with Gasteiger partial charge < -0.3 is 15.1 Å². The normalized spacial score (nSPS) is 14.1. The van der Waals surface area contributed by atoms with Gasteiger partial charge in [0, 0.05) is 48.3 Å². The fourth-order valence-electron chi connectivity index (χ4n) is 3.94. The van der Waals surface area contributed by atoms with E-state index in [1.165, 1.54) is 5.56 Å². The number of guanidine groups is 1. The van der Waals surface area contributed by atoms with Crippen molar-refractivity contribution in [3.05, 3.63) is 75.5 Å². The highest BCUT2D eigenvalue weighted by molar-refractivity contribution is 7.80. The number of aryl methyl sites for hydroxylation is 3. The van der Waals surface area contributed by atoms with Gasteiger partial charge in [0.25, 0.3) is 0 Å². The molecule has 0 bridgehead atoms. The zero-order chi connectivity index (χ0) is 24.9. The second-order valence-corrected chi connectivity index (χ2v) is 9.58. The van der Waals surface area contributed by atoms with Crippen LogP contribution < -0.4 is 15.5 Å². The first-order chi connectivity index (χ1) is 16.8. The number of halogens is 2. The third kappa shape index (κ3) is 6.60. The molecule has 0 atom stereocenters. The number of anilines is 3. The van der Waals surface area contributed by atoms with Gasteiger partial charge in [-0.05, 0) is 68.9 Å². The van der Waals surface area contributed by atoms with Crippen LogP contribution in [0.2, 0.25) is 10.0 Å². The molecule has 2 aromatic carbocycles. The maximum atomic E-state index is 6.28. The molecule has 0 spiro atoms. The Labute approximate surface area is 221 Å². The number of piperazine rings is 1. The lowest BCUT2D eigenvalue weighted by Crippen LogP contribution is -2.51. The number of hydrogen-bond acceptors (Lipinski definition) is 4. The van der Waals surface area contributed by atoms with E-state index in [9.17, 15) is 0 Å². The van der Waals surface area contributed by atoms with E-state index in [-0.39, 0.29) is 5.11 Å². The number of para-hydroxylation sites is 1. The van der Waals surface area contributed by atoms with Crippen LogP contribution in [-0.4, -0.2) is 52.1 Å². The van der Waals surface area contributed by atoms with Gasteiger partial charge in [-0.2, -0.15) is 4.99 Å². The van der Waals surface area contributed by atoms with E-state index in [1.54, 1.807) is 6.07 Å². The summed E-state index contributed by atoms with van der Waals surface area (Å²) in [5.41, 5.74) is 4.79. The molecule has 0 aliphatic carbocycles. The molecule has 3 aromatic rings. The van der Waals surface area contributed by atoms with E-state index >= 15 is 0 Å². The van der Waals surface area contributed by atoms with Crippen molar-refractivity contribution in [1.82, 2.24) is 14.9 Å². The molecule has 1 fully saturated rings. The lowest BCUT2D eigenvalue weighted by Gasteiger charge is -2.38. The maximum absolute atomic E-state index is 6.28. The summed E-state index contributed by atoms with van der Waals surface area (Å²) in [5.74, 6) is 1.07. The summed E-state index contributed by atoms with van der Waals surface area (Å²) in [6.45, 7) is 9.05. The molecular weight excluding hydrogens is 501 g/mol. The summed E-state index contributed by atoms with van der Waals surface area (Å²) < 4.78 is 0. The maximum Gasteiger partial charge on any atom is 0.229 e. The Morgan fingerprint density at radius 2 is 1.60 bits per heavy atom. The summed E-state index contributed by atoms with van der Waals surface area (Å²) in [7, 11) is 0. The summed E-state index contributed by atoms with van der Waals surface area (Å²) in [5, 5.41) is 8.00. The predicted molar refractivity (Wildman–Crippen MR) is 150 cm³/mol. The van der Waals surface area contributed by atoms with E-state index < -0.39 is 0 Å². The van der Waals surface area contributed by atoms with Gasteiger partial charge in [0.15, 0.2) is 0 Å². The van der Waals surface area contributed by atoms with Crippen LogP contribution in [0.4, 0.5) is 17.3 Å². The number of benzene rings is 2. The minimum atomic E-state index is 0.290. The van der Waals surface area contributed by atoms with Gasteiger partial charge in [0.1, 0.15) is 0 Å². The standard InChI is InChI=1S/C25H27Cl2N7S/c1-16-8-9-19(26)15-22(16)33-10-12-34(13-11-33)24(31-23-28-17(2)14-18(3)29-23)32-25(35)30-21-7-5-4-6-20(21)27/h4-9,14-15H,10-13H2,1-3H3,(H2,28,29,30,31,32,35). The summed E-state index contributed by atoms with van der Waals surface area (Å²) in [6.07, 6.45) is 0. The Hall–Kier alpha value is -2.94. The van der Waals surface area contributed by atoms with Gasteiger partial charge >= 0.3 is 0 Å². The van der Waals surface area contributed by atoms with Crippen LogP contribution in [0.25, 0.3) is 0 Å². The Kier molecular flexibility index (Phi) is 8.05. The molecule has 0 unspecified atom stereocenters. The van der Waals surface area contributed by atoms with Crippen LogP contribution in [-0.2, 0) is 0 Å². The lowest BCUT2D eigenvalue weighted by molar-refractivity contribution is 0.385. The number of aromatic nitrogens is 2. The molecular formula is C25H27Cl2N7S. The zero-order valence-electron chi connectivity index (χ0n) is 19.8. The van der Waals surface area contributed by atoms with Gasteiger partial charge in [-0.1, -0.05) is 41.4 Å². The quantitative estimate of drug-likeness (QED) is 0.257. The van der Waals surface area contributed by atoms with Crippen LogP contribution >= 0.6 is 35.4 Å². The predicted octanol–water partition coefficient (Wildman–Crippen LogP) is 5.70. The van der Waals surface area contributed by atoms with Gasteiger partial charge in [0.05, 0.1) is 10.7 Å². The number of rotatable bonds is 3. The first kappa shape index (κ1) is 25.2. The molecule has 35 heavy (non-hydrogen) atoms. The number of aliphatic imine (C=N–C) groups is 1. The van der Waals surface area contributed by atoms with Crippen LogP contribution in [0.15, 0.2) is 53.5 Å². The first-order valence-corrected chi connectivity index (χ1v) is 12.4. The van der Waals surface area contributed by atoms with Crippen molar-refractivity contribution in [3.8, 4) is 0 Å². The van der Waals surface area contributed by atoms with Crippen molar-refractivity contribution in [2.45, 2.75) is 20.8 Å². The highest BCUT2D eigenvalue weighted by Crippen LogP contribution is 2.25. The molecule has 10 heteroatoms. The molecule has 1 aromatic heterocycles. The van der Waals surface area contributed by atoms with E-state index in [1.807, 2.05) is 50.2 Å². The molecule has 0 saturated carbocycles. The fourth-order valence-corrected chi connectivity index (χ4v) is 4.49. The van der Waals surface area contributed by atoms with Crippen molar-refractivity contribution in [1.29, 1.82) is 0 Å². The molecule has 2 N–H and O–H groups in total. The van der Waals surface area contributed by atoms with Crippen molar-refractivity contribution < 1.29 is 0 Å². The number of thiocarbonyl (C=S) groups is 1. The molecule has 1 aliphatic rings. The van der Waals surface area contributed by atoms with E-state index in [0.717, 1.165) is 48.3 Å². The second-order valence-electron chi connectivity index (χ2n) is 8.35. The molecule has 1 saturated heterocycles. The summed E-state index contributed by atoms with van der Waals surface area (Å²) in [4.78, 5) is 18.2. The Morgan fingerprint density at radius 1 is 0.914 bits per heavy atom. The first-order valence-electron chi connectivity index (χ1n) is 11.3. The minimum Gasteiger partial charge on any atom is -0.368 e. The highest BCUT2D eigenvalue weighted by Gasteiger charge is 2.22. The number of hydrogen-bond donors (Lipinski definition) is 2. The summed E-state index contributed by atoms with van der Waals surface area (Å²) >= 11 is 18.1. The Morgan fingerprint density at radius 3 is 2.29 bits per heavy atom. The van der Waals surface area contributed by atoms with Crippen LogP contribution in [0, 0.1) is 20.8 Å². The van der Waals surface area contributed by atoms with Crippen molar-refractivity contribution in [3.63, 3.8) is 0 Å². The average Bonchev–Trinajstić information content (AvgIpc) is 2.81. The molecule has 7 nitrogen and oxygen atoms in total. The van der Waals surface area contributed by atoms with Crippen LogP contribution in [0.3, 0.4) is 0 Å². The third-order valence-corrected chi connectivity index (χ3v) is 6.38. The fraction of sp³-hybridized carbons (Fsp3) is 0.280. The monoisotopic (exact) mass is 527 g/mol. The van der Waals surface area contributed by atoms with Crippen molar-refractivity contribution in [2.75, 3.05) is 41.7 Å². The second kappa shape index (κ2) is 11.2. The van der Waals surface area contributed by atoms with Crippen LogP contribution in [0.5, 0.6) is 0 Å². The topological polar surface area (TPSA) is 68.7 Å². The van der Waals surface area contributed by atoms with Gasteiger partial charge in [-0.25, -0.2) is 9.97 Å². The lowest BCUT2D eigenvalue weighted by atomic mass is 10.1. The average molecular weight is 529 g/mol. The molecule has 182 valence electrons.